The number of halogens is 1. The molecule has 2 aromatic rings. The maximum Gasteiger partial charge on any atom is 0.277 e. The highest BCUT2D eigenvalue weighted by Gasteiger charge is 2.21. The lowest BCUT2D eigenvalue weighted by Crippen LogP contribution is -2.27. The van der Waals surface area contributed by atoms with Crippen molar-refractivity contribution in [2.45, 2.75) is 26.2 Å². The molecule has 2 N–H and O–H groups in total. The molecule has 130 valence electrons. The van der Waals surface area contributed by atoms with Crippen molar-refractivity contribution in [2.75, 3.05) is 6.61 Å². The highest BCUT2D eigenvalue weighted by molar-refractivity contribution is 6.32. The van der Waals surface area contributed by atoms with Gasteiger partial charge in [0.15, 0.2) is 6.61 Å². The molecule has 0 radical (unpaired) electrons. The van der Waals surface area contributed by atoms with Gasteiger partial charge in [0.05, 0.1) is 10.7 Å². The number of para-hydroxylation sites is 1. The Bertz CT molecular complexity index is 833. The van der Waals surface area contributed by atoms with Gasteiger partial charge >= 0.3 is 0 Å². The van der Waals surface area contributed by atoms with Crippen molar-refractivity contribution in [1.29, 1.82) is 0 Å². The molecule has 1 aliphatic carbocycles. The smallest absolute Gasteiger partial charge is 0.277 e. The standard InChI is InChI=1S/C19H19ClN2O3/c1-12-9-10-16(23)19-13(12)5-4-7-15(19)21-22-18(24)11-25-17-8-3-2-6-14(17)20/h2-3,6,8-10,23H,4-5,7,11H2,1H3,(H,22,24)/b21-15+. The largest absolute Gasteiger partial charge is 0.507 e. The Balaban J connectivity index is 1.68. The number of aryl methyl sites for hydroxylation is 1. The van der Waals surface area contributed by atoms with Crippen molar-refractivity contribution >= 4 is 23.2 Å². The molecular formula is C19H19ClN2O3. The fourth-order valence-electron chi connectivity index (χ4n) is 2.92. The number of hydrazone groups is 1. The third kappa shape index (κ3) is 3.94. The van der Waals surface area contributed by atoms with Crippen molar-refractivity contribution in [1.82, 2.24) is 5.43 Å². The molecule has 0 atom stereocenters. The van der Waals surface area contributed by atoms with Gasteiger partial charge in [0.25, 0.3) is 5.91 Å². The van der Waals surface area contributed by atoms with E-state index in [4.69, 9.17) is 16.3 Å². The number of phenolic OH excluding ortho intramolecular Hbond substituents is 1. The molecular weight excluding hydrogens is 340 g/mol. The molecule has 3 rings (SSSR count). The van der Waals surface area contributed by atoms with Gasteiger partial charge in [-0.05, 0) is 55.5 Å². The topological polar surface area (TPSA) is 70.9 Å². The van der Waals surface area contributed by atoms with Gasteiger partial charge in [0.2, 0.25) is 0 Å². The van der Waals surface area contributed by atoms with E-state index in [0.29, 0.717) is 22.9 Å². The first-order valence-electron chi connectivity index (χ1n) is 8.11. The summed E-state index contributed by atoms with van der Waals surface area (Å²) in [7, 11) is 0. The van der Waals surface area contributed by atoms with E-state index in [1.54, 1.807) is 30.3 Å². The Morgan fingerprint density at radius 2 is 2.08 bits per heavy atom. The Kier molecular flexibility index (Phi) is 5.24. The number of hydrogen-bond acceptors (Lipinski definition) is 4. The number of hydrogen-bond donors (Lipinski definition) is 2. The van der Waals surface area contributed by atoms with E-state index in [1.807, 2.05) is 13.0 Å². The predicted octanol–water partition coefficient (Wildman–Crippen LogP) is 3.59. The number of carbonyl (C=O) groups excluding carboxylic acids is 1. The molecule has 0 bridgehead atoms. The second kappa shape index (κ2) is 7.57. The lowest BCUT2D eigenvalue weighted by Gasteiger charge is -2.21. The third-order valence-electron chi connectivity index (χ3n) is 4.17. The Morgan fingerprint density at radius 1 is 1.28 bits per heavy atom. The monoisotopic (exact) mass is 358 g/mol. The van der Waals surface area contributed by atoms with Crippen LogP contribution in [0.15, 0.2) is 41.5 Å². The summed E-state index contributed by atoms with van der Waals surface area (Å²) in [6.07, 6.45) is 2.54. The highest BCUT2D eigenvalue weighted by atomic mass is 35.5. The van der Waals surface area contributed by atoms with E-state index in [9.17, 15) is 9.90 Å². The average Bonchev–Trinajstić information content (AvgIpc) is 2.62. The minimum absolute atomic E-state index is 0.187. The highest BCUT2D eigenvalue weighted by Crippen LogP contribution is 2.31. The zero-order valence-electron chi connectivity index (χ0n) is 13.9. The fourth-order valence-corrected chi connectivity index (χ4v) is 3.11. The van der Waals surface area contributed by atoms with Crippen LogP contribution >= 0.6 is 11.6 Å². The van der Waals surface area contributed by atoms with Crippen LogP contribution in [0.4, 0.5) is 0 Å². The number of carbonyl (C=O) groups is 1. The summed E-state index contributed by atoms with van der Waals surface area (Å²) in [6, 6.07) is 10.5. The first-order chi connectivity index (χ1) is 12.1. The van der Waals surface area contributed by atoms with Crippen molar-refractivity contribution < 1.29 is 14.6 Å². The number of benzene rings is 2. The van der Waals surface area contributed by atoms with Gasteiger partial charge in [0.1, 0.15) is 11.5 Å². The fraction of sp³-hybridized carbons (Fsp3) is 0.263. The zero-order valence-corrected chi connectivity index (χ0v) is 14.6. The van der Waals surface area contributed by atoms with Crippen LogP contribution in [0, 0.1) is 6.92 Å². The third-order valence-corrected chi connectivity index (χ3v) is 4.48. The van der Waals surface area contributed by atoms with E-state index in [0.717, 1.165) is 29.5 Å². The molecule has 2 aromatic carbocycles. The summed E-state index contributed by atoms with van der Waals surface area (Å²) < 4.78 is 5.39. The summed E-state index contributed by atoms with van der Waals surface area (Å²) in [5.74, 6) is 0.260. The molecule has 0 saturated carbocycles. The number of rotatable bonds is 4. The van der Waals surface area contributed by atoms with E-state index in [2.05, 4.69) is 10.5 Å². The van der Waals surface area contributed by atoms with Crippen LogP contribution in [0.2, 0.25) is 5.02 Å². The maximum atomic E-state index is 12.0. The molecule has 0 saturated heterocycles. The quantitative estimate of drug-likeness (QED) is 0.820. The minimum Gasteiger partial charge on any atom is -0.507 e. The summed E-state index contributed by atoms with van der Waals surface area (Å²) in [6.45, 7) is 1.82. The van der Waals surface area contributed by atoms with Crippen molar-refractivity contribution in [2.24, 2.45) is 5.10 Å². The molecule has 0 spiro atoms. The summed E-state index contributed by atoms with van der Waals surface area (Å²) in [5, 5.41) is 14.8. The van der Waals surface area contributed by atoms with Crippen molar-refractivity contribution in [3.63, 3.8) is 0 Å². The van der Waals surface area contributed by atoms with E-state index < -0.39 is 0 Å². The van der Waals surface area contributed by atoms with Crippen LogP contribution < -0.4 is 10.2 Å². The molecule has 1 aliphatic rings. The van der Waals surface area contributed by atoms with Crippen LogP contribution in [0.3, 0.4) is 0 Å². The Morgan fingerprint density at radius 3 is 2.88 bits per heavy atom. The van der Waals surface area contributed by atoms with Gasteiger partial charge in [-0.3, -0.25) is 4.79 Å². The van der Waals surface area contributed by atoms with Gasteiger partial charge in [-0.2, -0.15) is 5.10 Å². The second-order valence-electron chi connectivity index (χ2n) is 5.92. The Hall–Kier alpha value is -2.53. The molecule has 0 unspecified atom stereocenters. The molecule has 0 heterocycles. The number of nitrogens with zero attached hydrogens (tertiary/aromatic N) is 1. The number of amides is 1. The van der Waals surface area contributed by atoms with Crippen LogP contribution in [0.5, 0.6) is 11.5 Å². The predicted molar refractivity (Wildman–Crippen MR) is 97.4 cm³/mol. The minimum atomic E-state index is -0.383. The van der Waals surface area contributed by atoms with Gasteiger partial charge < -0.3 is 9.84 Å². The van der Waals surface area contributed by atoms with Gasteiger partial charge in [-0.25, -0.2) is 5.43 Å². The van der Waals surface area contributed by atoms with Crippen LogP contribution in [0.1, 0.15) is 29.5 Å². The van der Waals surface area contributed by atoms with Gasteiger partial charge in [-0.1, -0.05) is 29.8 Å². The number of ether oxygens (including phenoxy) is 1. The van der Waals surface area contributed by atoms with Crippen LogP contribution in [-0.2, 0) is 11.2 Å². The lowest BCUT2D eigenvalue weighted by atomic mass is 9.86. The number of fused-ring (bicyclic) bond motifs is 1. The molecule has 25 heavy (non-hydrogen) atoms. The summed E-state index contributed by atoms with van der Waals surface area (Å²) >= 11 is 5.98. The van der Waals surface area contributed by atoms with Gasteiger partial charge in [-0.15, -0.1) is 0 Å². The number of phenols is 1. The maximum absolute atomic E-state index is 12.0. The molecule has 0 fully saturated rings. The van der Waals surface area contributed by atoms with Gasteiger partial charge in [0, 0.05) is 5.56 Å². The summed E-state index contributed by atoms with van der Waals surface area (Å²) in [5.41, 5.74) is 6.13. The molecule has 6 heteroatoms. The van der Waals surface area contributed by atoms with E-state index in [1.165, 1.54) is 0 Å². The number of nitrogens with one attached hydrogen (secondary N) is 1. The van der Waals surface area contributed by atoms with Crippen LogP contribution in [0.25, 0.3) is 0 Å². The van der Waals surface area contributed by atoms with E-state index >= 15 is 0 Å². The molecule has 5 nitrogen and oxygen atoms in total. The lowest BCUT2D eigenvalue weighted by molar-refractivity contribution is -0.123. The average molecular weight is 359 g/mol. The SMILES string of the molecule is Cc1ccc(O)c2c1CCC/C2=N\NC(=O)COc1ccccc1Cl. The van der Waals surface area contributed by atoms with Crippen molar-refractivity contribution in [3.8, 4) is 11.5 Å². The molecule has 0 aliphatic heterocycles. The number of aromatic hydroxyl groups is 1. The van der Waals surface area contributed by atoms with Crippen LogP contribution in [-0.4, -0.2) is 23.3 Å². The Labute approximate surface area is 151 Å². The normalized spacial score (nSPS) is 14.9. The first kappa shape index (κ1) is 17.3. The molecule has 0 aromatic heterocycles. The zero-order chi connectivity index (χ0) is 17.8. The van der Waals surface area contributed by atoms with E-state index in [-0.39, 0.29) is 18.3 Å². The summed E-state index contributed by atoms with van der Waals surface area (Å²) in [4.78, 5) is 12.0. The van der Waals surface area contributed by atoms with Crippen molar-refractivity contribution in [3.05, 3.63) is 58.1 Å². The first-order valence-corrected chi connectivity index (χ1v) is 8.48. The molecule has 1 amide bonds. The second-order valence-corrected chi connectivity index (χ2v) is 6.33.